The summed E-state index contributed by atoms with van der Waals surface area (Å²) in [5, 5.41) is 0.412. The summed E-state index contributed by atoms with van der Waals surface area (Å²) in [5.74, 6) is -1.39. The van der Waals surface area contributed by atoms with Gasteiger partial charge >= 0.3 is 5.69 Å². The van der Waals surface area contributed by atoms with Gasteiger partial charge in [0.1, 0.15) is 17.3 Å². The molecule has 0 fully saturated rings. The Morgan fingerprint density at radius 3 is 2.25 bits per heavy atom. The summed E-state index contributed by atoms with van der Waals surface area (Å²) in [4.78, 5) is 26.6. The van der Waals surface area contributed by atoms with Crippen molar-refractivity contribution in [1.82, 2.24) is 19.5 Å². The molecule has 5 nitrogen and oxygen atoms in total. The molecule has 0 amide bonds. The van der Waals surface area contributed by atoms with E-state index in [0.29, 0.717) is 22.5 Å². The molecule has 0 aliphatic rings. The highest BCUT2D eigenvalue weighted by molar-refractivity contribution is 5.83. The lowest BCUT2D eigenvalue weighted by atomic mass is 10.0. The molecular formula is C25H24F2N4O. The van der Waals surface area contributed by atoms with Crippen LogP contribution in [0.4, 0.5) is 8.78 Å². The number of halogens is 2. The van der Waals surface area contributed by atoms with Crippen LogP contribution in [0.3, 0.4) is 0 Å². The van der Waals surface area contributed by atoms with E-state index >= 15 is 4.39 Å². The summed E-state index contributed by atoms with van der Waals surface area (Å²) in [6.07, 6.45) is 1.69. The zero-order valence-corrected chi connectivity index (χ0v) is 18.6. The van der Waals surface area contributed by atoms with Crippen molar-refractivity contribution >= 4 is 11.0 Å². The van der Waals surface area contributed by atoms with Gasteiger partial charge in [-0.2, -0.15) is 4.98 Å². The summed E-state index contributed by atoms with van der Waals surface area (Å²) in [7, 11) is 0. The molecule has 3 aromatic heterocycles. The average molecular weight is 434 g/mol. The van der Waals surface area contributed by atoms with E-state index < -0.39 is 17.3 Å². The standard InChI is InChI=1S/C25H24F2N4O/c1-13(2)20-17-12-19(27)22(16-8-6-7-9-18(16)26)29-24(17)31(25(32)30-20)23-15(5)10-11-28-21(23)14(3)4/h6-14H,1-5H3. The van der Waals surface area contributed by atoms with Crippen molar-refractivity contribution in [3.05, 3.63) is 81.7 Å². The van der Waals surface area contributed by atoms with Gasteiger partial charge in [-0.25, -0.2) is 23.1 Å². The number of aromatic nitrogens is 4. The molecule has 4 rings (SSSR count). The van der Waals surface area contributed by atoms with E-state index in [-0.39, 0.29) is 28.7 Å². The average Bonchev–Trinajstić information content (AvgIpc) is 2.74. The lowest BCUT2D eigenvalue weighted by molar-refractivity contribution is 0.612. The van der Waals surface area contributed by atoms with Crippen molar-refractivity contribution in [2.24, 2.45) is 0 Å². The highest BCUT2D eigenvalue weighted by atomic mass is 19.1. The number of hydrogen-bond donors (Lipinski definition) is 0. The minimum atomic E-state index is -0.677. The topological polar surface area (TPSA) is 60.7 Å². The predicted molar refractivity (Wildman–Crippen MR) is 121 cm³/mol. The number of aryl methyl sites for hydroxylation is 1. The van der Waals surface area contributed by atoms with E-state index in [4.69, 9.17) is 0 Å². The Labute approximate surface area is 184 Å². The van der Waals surface area contributed by atoms with Gasteiger partial charge in [0.05, 0.1) is 17.1 Å². The van der Waals surface area contributed by atoms with Crippen molar-refractivity contribution < 1.29 is 8.78 Å². The quantitative estimate of drug-likeness (QED) is 0.415. The number of pyridine rings is 2. The second kappa shape index (κ2) is 8.22. The van der Waals surface area contributed by atoms with E-state index in [9.17, 15) is 9.18 Å². The number of benzene rings is 1. The van der Waals surface area contributed by atoms with Crippen LogP contribution >= 0.6 is 0 Å². The third kappa shape index (κ3) is 3.57. The molecule has 0 aliphatic heterocycles. The molecule has 164 valence electrons. The van der Waals surface area contributed by atoms with E-state index in [1.165, 1.54) is 28.8 Å². The Kier molecular flexibility index (Phi) is 5.59. The van der Waals surface area contributed by atoms with Gasteiger partial charge in [0.25, 0.3) is 0 Å². The summed E-state index contributed by atoms with van der Waals surface area (Å²) in [5.41, 5.74) is 2.09. The van der Waals surface area contributed by atoms with Crippen LogP contribution in [-0.2, 0) is 0 Å². The molecule has 3 heterocycles. The van der Waals surface area contributed by atoms with Gasteiger partial charge < -0.3 is 0 Å². The lowest BCUT2D eigenvalue weighted by Crippen LogP contribution is -2.27. The Bertz CT molecular complexity index is 1390. The molecular weight excluding hydrogens is 410 g/mol. The van der Waals surface area contributed by atoms with Crippen LogP contribution in [0.25, 0.3) is 28.0 Å². The Hall–Kier alpha value is -3.48. The Morgan fingerprint density at radius 2 is 1.59 bits per heavy atom. The Balaban J connectivity index is 2.20. The minimum absolute atomic E-state index is 0.0168. The van der Waals surface area contributed by atoms with E-state index in [1.54, 1.807) is 18.3 Å². The van der Waals surface area contributed by atoms with Gasteiger partial charge in [-0.15, -0.1) is 0 Å². The lowest BCUT2D eigenvalue weighted by Gasteiger charge is -2.19. The number of rotatable bonds is 4. The molecule has 0 spiro atoms. The van der Waals surface area contributed by atoms with E-state index in [0.717, 1.165) is 5.56 Å². The van der Waals surface area contributed by atoms with Crippen LogP contribution in [0.1, 0.15) is 56.5 Å². The third-order valence-electron chi connectivity index (χ3n) is 5.45. The first-order chi connectivity index (χ1) is 15.2. The molecule has 0 unspecified atom stereocenters. The van der Waals surface area contributed by atoms with Crippen LogP contribution in [0, 0.1) is 18.6 Å². The first kappa shape index (κ1) is 21.7. The van der Waals surface area contributed by atoms with Crippen molar-refractivity contribution in [3.8, 4) is 16.9 Å². The summed E-state index contributed by atoms with van der Waals surface area (Å²) in [6, 6.07) is 8.96. The number of nitrogens with zero attached hydrogens (tertiary/aromatic N) is 4. The zero-order valence-electron chi connectivity index (χ0n) is 18.6. The fourth-order valence-corrected chi connectivity index (χ4v) is 3.91. The third-order valence-corrected chi connectivity index (χ3v) is 5.45. The first-order valence-electron chi connectivity index (χ1n) is 10.5. The Morgan fingerprint density at radius 1 is 0.906 bits per heavy atom. The van der Waals surface area contributed by atoms with Gasteiger partial charge in [-0.05, 0) is 48.6 Å². The van der Waals surface area contributed by atoms with Crippen LogP contribution in [0.5, 0.6) is 0 Å². The molecule has 0 N–H and O–H groups in total. The van der Waals surface area contributed by atoms with Crippen molar-refractivity contribution in [3.63, 3.8) is 0 Å². The predicted octanol–water partition coefficient (Wildman–Crippen LogP) is 5.68. The maximum absolute atomic E-state index is 15.2. The van der Waals surface area contributed by atoms with E-state index in [1.807, 2.05) is 34.6 Å². The summed E-state index contributed by atoms with van der Waals surface area (Å²) < 4.78 is 31.1. The molecule has 0 aliphatic carbocycles. The molecule has 0 atom stereocenters. The van der Waals surface area contributed by atoms with Crippen molar-refractivity contribution in [2.75, 3.05) is 0 Å². The number of hydrogen-bond acceptors (Lipinski definition) is 4. The minimum Gasteiger partial charge on any atom is -0.259 e. The second-order valence-corrected chi connectivity index (χ2v) is 8.46. The fraction of sp³-hybridized carbons (Fsp3) is 0.280. The molecule has 1 aromatic carbocycles. The maximum atomic E-state index is 15.2. The normalized spacial score (nSPS) is 11.7. The monoisotopic (exact) mass is 434 g/mol. The van der Waals surface area contributed by atoms with Crippen molar-refractivity contribution in [2.45, 2.75) is 46.5 Å². The van der Waals surface area contributed by atoms with Gasteiger partial charge in [0.2, 0.25) is 0 Å². The highest BCUT2D eigenvalue weighted by Crippen LogP contribution is 2.32. The van der Waals surface area contributed by atoms with Crippen LogP contribution < -0.4 is 5.69 Å². The van der Waals surface area contributed by atoms with Gasteiger partial charge in [-0.3, -0.25) is 4.98 Å². The summed E-state index contributed by atoms with van der Waals surface area (Å²) >= 11 is 0. The smallest absolute Gasteiger partial charge is 0.259 e. The molecule has 0 saturated carbocycles. The van der Waals surface area contributed by atoms with Crippen LogP contribution in [-0.4, -0.2) is 19.5 Å². The molecule has 7 heteroatoms. The maximum Gasteiger partial charge on any atom is 0.354 e. The van der Waals surface area contributed by atoms with Gasteiger partial charge in [0.15, 0.2) is 5.65 Å². The molecule has 0 saturated heterocycles. The van der Waals surface area contributed by atoms with E-state index in [2.05, 4.69) is 15.0 Å². The zero-order chi connectivity index (χ0) is 23.2. The highest BCUT2D eigenvalue weighted by Gasteiger charge is 2.23. The molecule has 0 bridgehead atoms. The van der Waals surface area contributed by atoms with Crippen LogP contribution in [0.2, 0.25) is 0 Å². The second-order valence-electron chi connectivity index (χ2n) is 8.46. The van der Waals surface area contributed by atoms with Crippen LogP contribution in [0.15, 0.2) is 47.4 Å². The fourth-order valence-electron chi connectivity index (χ4n) is 3.91. The summed E-state index contributed by atoms with van der Waals surface area (Å²) in [6.45, 7) is 9.59. The first-order valence-corrected chi connectivity index (χ1v) is 10.5. The van der Waals surface area contributed by atoms with Gasteiger partial charge in [-0.1, -0.05) is 39.8 Å². The SMILES string of the molecule is Cc1ccnc(C(C)C)c1-n1c(=O)nc(C(C)C)c2cc(F)c(-c3ccccc3F)nc21. The van der Waals surface area contributed by atoms with Gasteiger partial charge in [0, 0.05) is 17.1 Å². The number of fused-ring (bicyclic) bond motifs is 1. The molecule has 4 aromatic rings. The van der Waals surface area contributed by atoms with Crippen molar-refractivity contribution in [1.29, 1.82) is 0 Å². The molecule has 0 radical (unpaired) electrons. The molecule has 32 heavy (non-hydrogen) atoms. The largest absolute Gasteiger partial charge is 0.354 e.